The first kappa shape index (κ1) is 16.1. The summed E-state index contributed by atoms with van der Waals surface area (Å²) < 4.78 is 8.08. The Hall–Kier alpha value is -0.810. The fourth-order valence-electron chi connectivity index (χ4n) is 0.0833. The van der Waals surface area contributed by atoms with Gasteiger partial charge >= 0.3 is 6.16 Å². The molecule has 0 aliphatic carbocycles. The average Bonchev–Trinajstić information content (AvgIpc) is 1.88. The van der Waals surface area contributed by atoms with E-state index in [1.807, 2.05) is 0 Å². The predicted molar refractivity (Wildman–Crippen MR) is 35.8 cm³/mol. The highest BCUT2D eigenvalue weighted by molar-refractivity contribution is 5.59. The van der Waals surface area contributed by atoms with Crippen molar-refractivity contribution in [1.29, 1.82) is 0 Å². The van der Waals surface area contributed by atoms with Crippen molar-refractivity contribution in [2.24, 2.45) is 0 Å². The summed E-state index contributed by atoms with van der Waals surface area (Å²) in [7, 11) is 2.51. The molecular formula is C5H14O5. The van der Waals surface area contributed by atoms with Gasteiger partial charge in [-0.2, -0.15) is 0 Å². The van der Waals surface area contributed by atoms with Crippen molar-refractivity contribution in [3.8, 4) is 0 Å². The molecule has 5 heteroatoms. The van der Waals surface area contributed by atoms with Crippen LogP contribution in [0.3, 0.4) is 0 Å². The number of aliphatic hydroxyl groups is 1. The van der Waals surface area contributed by atoms with E-state index in [0.717, 1.165) is 0 Å². The van der Waals surface area contributed by atoms with E-state index in [2.05, 4.69) is 9.47 Å². The SMILES string of the molecule is CCO.COC(=O)OC.O. The number of hydrogen-bond acceptors (Lipinski definition) is 4. The number of methoxy groups -OCH3 is 2. The third-order valence-electron chi connectivity index (χ3n) is 0.333. The summed E-state index contributed by atoms with van der Waals surface area (Å²) in [6.07, 6.45) is -0.657. The van der Waals surface area contributed by atoms with Crippen LogP contribution in [0.2, 0.25) is 0 Å². The number of carbonyl (C=O) groups excluding carboxylic acids is 1. The lowest BCUT2D eigenvalue weighted by molar-refractivity contribution is 0.0924. The van der Waals surface area contributed by atoms with E-state index in [4.69, 9.17) is 5.11 Å². The lowest BCUT2D eigenvalue weighted by Gasteiger charge is -1.89. The number of rotatable bonds is 0. The van der Waals surface area contributed by atoms with Crippen LogP contribution >= 0.6 is 0 Å². The molecule has 0 aliphatic rings. The molecule has 0 aliphatic heterocycles. The van der Waals surface area contributed by atoms with Crippen LogP contribution in [-0.4, -0.2) is 37.6 Å². The molecule has 0 rings (SSSR count). The van der Waals surface area contributed by atoms with E-state index >= 15 is 0 Å². The van der Waals surface area contributed by atoms with Crippen LogP contribution in [0.4, 0.5) is 4.79 Å². The van der Waals surface area contributed by atoms with Crippen molar-refractivity contribution in [2.75, 3.05) is 20.8 Å². The van der Waals surface area contributed by atoms with Crippen LogP contribution in [0.5, 0.6) is 0 Å². The molecule has 10 heavy (non-hydrogen) atoms. The van der Waals surface area contributed by atoms with E-state index in [1.165, 1.54) is 14.2 Å². The molecule has 0 aromatic heterocycles. The summed E-state index contributed by atoms with van der Waals surface area (Å²) in [6.45, 7) is 1.93. The second kappa shape index (κ2) is 15.7. The number of ether oxygens (including phenoxy) is 2. The van der Waals surface area contributed by atoms with Crippen molar-refractivity contribution >= 4 is 6.16 Å². The second-order valence-corrected chi connectivity index (χ2v) is 0.974. The van der Waals surface area contributed by atoms with Gasteiger partial charge in [0.15, 0.2) is 0 Å². The molecule has 0 saturated carbocycles. The van der Waals surface area contributed by atoms with E-state index < -0.39 is 6.16 Å². The highest BCUT2D eigenvalue weighted by Crippen LogP contribution is 1.72. The molecule has 0 saturated heterocycles. The Morgan fingerprint density at radius 3 is 1.60 bits per heavy atom. The largest absolute Gasteiger partial charge is 0.507 e. The van der Waals surface area contributed by atoms with Gasteiger partial charge in [0.2, 0.25) is 0 Å². The zero-order valence-electron chi connectivity index (χ0n) is 6.38. The third-order valence-corrected chi connectivity index (χ3v) is 0.333. The standard InChI is InChI=1S/C3H6O3.C2H6O.H2O/c1-5-3(4)6-2;1-2-3;/h1-2H3;3H,2H2,1H3;1H2. The van der Waals surface area contributed by atoms with Crippen LogP contribution < -0.4 is 0 Å². The van der Waals surface area contributed by atoms with Crippen molar-refractivity contribution in [1.82, 2.24) is 0 Å². The average molecular weight is 154 g/mol. The lowest BCUT2D eigenvalue weighted by atomic mass is 10.9. The fourth-order valence-corrected chi connectivity index (χ4v) is 0.0833. The molecule has 0 bridgehead atoms. The summed E-state index contributed by atoms with van der Waals surface area (Å²) in [5.41, 5.74) is 0. The van der Waals surface area contributed by atoms with Gasteiger partial charge in [-0.1, -0.05) is 0 Å². The van der Waals surface area contributed by atoms with Gasteiger partial charge in [0, 0.05) is 6.61 Å². The van der Waals surface area contributed by atoms with E-state index in [9.17, 15) is 4.79 Å². The van der Waals surface area contributed by atoms with E-state index in [0.29, 0.717) is 0 Å². The normalized spacial score (nSPS) is 6.00. The van der Waals surface area contributed by atoms with Gasteiger partial charge in [-0.15, -0.1) is 0 Å². The molecule has 0 atom stereocenters. The Labute approximate surface area is 59.9 Å². The molecule has 0 heterocycles. The third kappa shape index (κ3) is 27.1. The summed E-state index contributed by atoms with van der Waals surface area (Å²) >= 11 is 0. The quantitative estimate of drug-likeness (QED) is 0.480. The van der Waals surface area contributed by atoms with Crippen LogP contribution in [0, 0.1) is 0 Å². The van der Waals surface area contributed by atoms with Crippen molar-refractivity contribution < 1.29 is 24.9 Å². The zero-order chi connectivity index (χ0) is 7.70. The summed E-state index contributed by atoms with van der Waals surface area (Å²) in [6, 6.07) is 0. The molecule has 5 nitrogen and oxygen atoms in total. The maximum Gasteiger partial charge on any atom is 0.507 e. The summed E-state index contributed by atoms with van der Waals surface area (Å²) in [5, 5.41) is 7.57. The maximum absolute atomic E-state index is 9.74. The van der Waals surface area contributed by atoms with Crippen LogP contribution in [0.1, 0.15) is 6.92 Å². The van der Waals surface area contributed by atoms with Gasteiger partial charge in [-0.25, -0.2) is 4.79 Å². The van der Waals surface area contributed by atoms with Crippen LogP contribution in [-0.2, 0) is 9.47 Å². The predicted octanol–water partition coefficient (Wildman–Crippen LogP) is -0.427. The Morgan fingerprint density at radius 2 is 1.60 bits per heavy atom. The second-order valence-electron chi connectivity index (χ2n) is 0.974. The molecule has 3 N–H and O–H groups in total. The molecule has 0 unspecified atom stereocenters. The smallest absolute Gasteiger partial charge is 0.438 e. The molecule has 0 radical (unpaired) electrons. The number of carbonyl (C=O) groups is 1. The van der Waals surface area contributed by atoms with Crippen LogP contribution in [0.15, 0.2) is 0 Å². The van der Waals surface area contributed by atoms with Crippen molar-refractivity contribution in [3.05, 3.63) is 0 Å². The minimum atomic E-state index is -0.657. The van der Waals surface area contributed by atoms with Crippen molar-refractivity contribution in [2.45, 2.75) is 6.92 Å². The van der Waals surface area contributed by atoms with E-state index in [-0.39, 0.29) is 12.1 Å². The van der Waals surface area contributed by atoms with E-state index in [1.54, 1.807) is 6.92 Å². The first-order valence-corrected chi connectivity index (χ1v) is 2.45. The Morgan fingerprint density at radius 1 is 1.40 bits per heavy atom. The van der Waals surface area contributed by atoms with Gasteiger partial charge < -0.3 is 20.1 Å². The molecule has 0 amide bonds. The molecule has 0 fully saturated rings. The zero-order valence-corrected chi connectivity index (χ0v) is 6.38. The van der Waals surface area contributed by atoms with Gasteiger partial charge in [-0.05, 0) is 6.92 Å². The summed E-state index contributed by atoms with van der Waals surface area (Å²) in [4.78, 5) is 9.74. The van der Waals surface area contributed by atoms with Gasteiger partial charge in [0.05, 0.1) is 14.2 Å². The van der Waals surface area contributed by atoms with Gasteiger partial charge in [0.1, 0.15) is 0 Å². The Kier molecular flexibility index (Phi) is 25.3. The molecule has 64 valence electrons. The molecule has 0 spiro atoms. The summed E-state index contributed by atoms with van der Waals surface area (Å²) in [5.74, 6) is 0. The number of hydrogen-bond donors (Lipinski definition) is 1. The van der Waals surface area contributed by atoms with Gasteiger partial charge in [-0.3, -0.25) is 0 Å². The number of aliphatic hydroxyl groups excluding tert-OH is 1. The highest BCUT2D eigenvalue weighted by Gasteiger charge is 1.88. The molecular weight excluding hydrogens is 140 g/mol. The minimum Gasteiger partial charge on any atom is -0.438 e. The molecule has 0 aromatic carbocycles. The Bertz CT molecular complexity index is 57.1. The minimum absolute atomic E-state index is 0. The fraction of sp³-hybridized carbons (Fsp3) is 0.800. The molecule has 0 aromatic rings. The first-order chi connectivity index (χ1) is 4.22. The van der Waals surface area contributed by atoms with Gasteiger partial charge in [0.25, 0.3) is 0 Å². The first-order valence-electron chi connectivity index (χ1n) is 2.45. The lowest BCUT2D eigenvalue weighted by Crippen LogP contribution is -1.97. The van der Waals surface area contributed by atoms with Crippen LogP contribution in [0.25, 0.3) is 0 Å². The maximum atomic E-state index is 9.74. The highest BCUT2D eigenvalue weighted by atomic mass is 16.7. The van der Waals surface area contributed by atoms with Crippen molar-refractivity contribution in [3.63, 3.8) is 0 Å². The monoisotopic (exact) mass is 154 g/mol. The Balaban J connectivity index is -0.000000107. The topological polar surface area (TPSA) is 87.3 Å².